The smallest absolute Gasteiger partial charge is 0.257 e. The van der Waals surface area contributed by atoms with E-state index in [4.69, 9.17) is 8.83 Å². The summed E-state index contributed by atoms with van der Waals surface area (Å²) < 4.78 is 10.5. The highest BCUT2D eigenvalue weighted by atomic mass is 16.3. The molecule has 0 saturated carbocycles. The molecule has 0 aliphatic heterocycles. The summed E-state index contributed by atoms with van der Waals surface area (Å²) in [6.07, 6.45) is 3.11. The molecule has 0 spiro atoms. The second-order valence-corrected chi connectivity index (χ2v) is 5.78. The lowest BCUT2D eigenvalue weighted by molar-refractivity contribution is -0.117. The molecule has 1 amide bonds. The Morgan fingerprint density at radius 2 is 1.65 bits per heavy atom. The Bertz CT molecular complexity index is 983. The standard InChI is InChI=1S/C20H16N2O4/c23-19-16-8-2-1-7-15(16)18(21-11-13-5-3-9-25-13)17(19)20(24)22-12-14-6-4-10-26-14/h1-10,23H,11-12H2,(H,22,24). The first kappa shape index (κ1) is 16.0. The predicted molar refractivity (Wildman–Crippen MR) is 95.5 cm³/mol. The van der Waals surface area contributed by atoms with E-state index in [1.54, 1.807) is 36.8 Å². The number of amides is 1. The number of carbonyl (C=O) groups is 1. The lowest BCUT2D eigenvalue weighted by Gasteiger charge is -2.07. The molecule has 0 fully saturated rings. The van der Waals surface area contributed by atoms with Crippen LogP contribution in [-0.2, 0) is 17.9 Å². The lowest BCUT2D eigenvalue weighted by atomic mass is 10.1. The van der Waals surface area contributed by atoms with Gasteiger partial charge in [-0.05, 0) is 24.3 Å². The molecule has 1 aromatic carbocycles. The summed E-state index contributed by atoms with van der Waals surface area (Å²) in [6, 6.07) is 14.4. The molecule has 6 nitrogen and oxygen atoms in total. The van der Waals surface area contributed by atoms with Crippen molar-refractivity contribution in [2.75, 3.05) is 0 Å². The van der Waals surface area contributed by atoms with Gasteiger partial charge in [0.25, 0.3) is 5.91 Å². The average Bonchev–Trinajstić information content (AvgIpc) is 3.40. The lowest BCUT2D eigenvalue weighted by Crippen LogP contribution is -2.27. The quantitative estimate of drug-likeness (QED) is 0.739. The summed E-state index contributed by atoms with van der Waals surface area (Å²) in [5.41, 5.74) is 1.92. The van der Waals surface area contributed by atoms with Crippen molar-refractivity contribution in [3.63, 3.8) is 0 Å². The maximum Gasteiger partial charge on any atom is 0.257 e. The minimum atomic E-state index is -0.409. The molecule has 2 heterocycles. The topological polar surface area (TPSA) is 88.0 Å². The van der Waals surface area contributed by atoms with Crippen LogP contribution < -0.4 is 5.32 Å². The van der Waals surface area contributed by atoms with Gasteiger partial charge in [0.05, 0.1) is 31.3 Å². The van der Waals surface area contributed by atoms with E-state index < -0.39 is 5.91 Å². The van der Waals surface area contributed by atoms with E-state index in [0.717, 1.165) is 5.56 Å². The highest BCUT2D eigenvalue weighted by Crippen LogP contribution is 2.32. The summed E-state index contributed by atoms with van der Waals surface area (Å²) >= 11 is 0. The molecular weight excluding hydrogens is 332 g/mol. The zero-order valence-corrected chi connectivity index (χ0v) is 13.8. The number of aliphatic imine (C=N–C) groups is 1. The Morgan fingerprint density at radius 1 is 0.962 bits per heavy atom. The van der Waals surface area contributed by atoms with Crippen LogP contribution in [0.15, 0.2) is 80.5 Å². The van der Waals surface area contributed by atoms with Crippen molar-refractivity contribution < 1.29 is 18.7 Å². The molecule has 1 aliphatic rings. The van der Waals surface area contributed by atoms with Crippen LogP contribution in [0.25, 0.3) is 5.76 Å². The molecule has 1 aliphatic carbocycles. The van der Waals surface area contributed by atoms with Crippen molar-refractivity contribution in [2.24, 2.45) is 4.99 Å². The number of furan rings is 2. The van der Waals surface area contributed by atoms with E-state index in [9.17, 15) is 9.90 Å². The minimum Gasteiger partial charge on any atom is -0.506 e. The third-order valence-electron chi connectivity index (χ3n) is 4.11. The van der Waals surface area contributed by atoms with Gasteiger partial charge in [0.1, 0.15) is 22.9 Å². The van der Waals surface area contributed by atoms with E-state index in [2.05, 4.69) is 10.3 Å². The molecular formula is C20H16N2O4. The van der Waals surface area contributed by atoms with Crippen LogP contribution in [0.2, 0.25) is 0 Å². The fourth-order valence-corrected chi connectivity index (χ4v) is 2.89. The van der Waals surface area contributed by atoms with Crippen LogP contribution in [0.4, 0.5) is 0 Å². The van der Waals surface area contributed by atoms with Crippen LogP contribution in [0.1, 0.15) is 22.6 Å². The molecule has 0 radical (unpaired) electrons. The molecule has 2 aromatic heterocycles. The summed E-state index contributed by atoms with van der Waals surface area (Å²) in [5, 5.41) is 13.3. The van der Waals surface area contributed by atoms with Gasteiger partial charge in [0.2, 0.25) is 0 Å². The SMILES string of the molecule is O=C(NCc1ccco1)C1=C(O)c2ccccc2C1=NCc1ccco1. The highest BCUT2D eigenvalue weighted by Gasteiger charge is 2.32. The molecule has 3 aromatic rings. The van der Waals surface area contributed by atoms with Crippen LogP contribution in [-0.4, -0.2) is 16.7 Å². The van der Waals surface area contributed by atoms with Gasteiger partial charge >= 0.3 is 0 Å². The summed E-state index contributed by atoms with van der Waals surface area (Å²) in [4.78, 5) is 17.2. The van der Waals surface area contributed by atoms with Crippen LogP contribution in [0.5, 0.6) is 0 Å². The molecule has 0 saturated heterocycles. The number of aliphatic hydroxyl groups excluding tert-OH is 1. The first-order valence-electron chi connectivity index (χ1n) is 8.15. The number of aliphatic hydroxyl groups is 1. The van der Waals surface area contributed by atoms with Gasteiger partial charge in [-0.15, -0.1) is 0 Å². The number of benzene rings is 1. The predicted octanol–water partition coefficient (Wildman–Crippen LogP) is 3.46. The summed E-state index contributed by atoms with van der Waals surface area (Å²) in [7, 11) is 0. The maximum absolute atomic E-state index is 12.7. The van der Waals surface area contributed by atoms with Crippen molar-refractivity contribution in [1.82, 2.24) is 5.32 Å². The van der Waals surface area contributed by atoms with Gasteiger partial charge < -0.3 is 19.3 Å². The molecule has 26 heavy (non-hydrogen) atoms. The van der Waals surface area contributed by atoms with E-state index in [-0.39, 0.29) is 24.4 Å². The van der Waals surface area contributed by atoms with Crippen molar-refractivity contribution in [2.45, 2.75) is 13.1 Å². The fourth-order valence-electron chi connectivity index (χ4n) is 2.89. The Labute approximate surface area is 149 Å². The zero-order valence-electron chi connectivity index (χ0n) is 13.8. The van der Waals surface area contributed by atoms with Gasteiger partial charge in [-0.1, -0.05) is 24.3 Å². The number of nitrogens with zero attached hydrogens (tertiary/aromatic N) is 1. The number of hydrogen-bond acceptors (Lipinski definition) is 5. The highest BCUT2D eigenvalue weighted by molar-refractivity contribution is 6.35. The second kappa shape index (κ2) is 6.76. The summed E-state index contributed by atoms with van der Waals surface area (Å²) in [6.45, 7) is 0.503. The van der Waals surface area contributed by atoms with Crippen molar-refractivity contribution in [1.29, 1.82) is 0 Å². The number of rotatable bonds is 5. The summed E-state index contributed by atoms with van der Waals surface area (Å²) in [5.74, 6) is 0.823. The molecule has 130 valence electrons. The van der Waals surface area contributed by atoms with E-state index in [1.807, 2.05) is 24.3 Å². The number of hydrogen-bond donors (Lipinski definition) is 2. The first-order valence-corrected chi connectivity index (χ1v) is 8.15. The Hall–Kier alpha value is -3.54. The van der Waals surface area contributed by atoms with Crippen molar-refractivity contribution in [3.8, 4) is 0 Å². The third-order valence-corrected chi connectivity index (χ3v) is 4.11. The third kappa shape index (κ3) is 2.93. The number of nitrogens with one attached hydrogen (secondary N) is 1. The van der Waals surface area contributed by atoms with Gasteiger partial charge in [-0.3, -0.25) is 9.79 Å². The molecule has 0 atom stereocenters. The minimum absolute atomic E-state index is 0.0734. The molecule has 6 heteroatoms. The zero-order chi connectivity index (χ0) is 17.9. The molecule has 4 rings (SSSR count). The Morgan fingerprint density at radius 3 is 2.35 bits per heavy atom. The van der Waals surface area contributed by atoms with Crippen molar-refractivity contribution >= 4 is 17.4 Å². The van der Waals surface area contributed by atoms with Gasteiger partial charge in [-0.2, -0.15) is 0 Å². The Balaban J connectivity index is 1.64. The molecule has 0 bridgehead atoms. The number of fused-ring (bicyclic) bond motifs is 1. The van der Waals surface area contributed by atoms with Gasteiger partial charge in [0.15, 0.2) is 0 Å². The fraction of sp³-hybridized carbons (Fsp3) is 0.100. The largest absolute Gasteiger partial charge is 0.506 e. The Kier molecular flexibility index (Phi) is 4.15. The van der Waals surface area contributed by atoms with Crippen LogP contribution in [0.3, 0.4) is 0 Å². The van der Waals surface area contributed by atoms with Crippen LogP contribution >= 0.6 is 0 Å². The molecule has 2 N–H and O–H groups in total. The van der Waals surface area contributed by atoms with Gasteiger partial charge in [-0.25, -0.2) is 0 Å². The van der Waals surface area contributed by atoms with E-state index >= 15 is 0 Å². The van der Waals surface area contributed by atoms with E-state index in [0.29, 0.717) is 22.8 Å². The van der Waals surface area contributed by atoms with E-state index in [1.165, 1.54) is 0 Å². The second-order valence-electron chi connectivity index (χ2n) is 5.78. The average molecular weight is 348 g/mol. The first-order chi connectivity index (χ1) is 12.7. The maximum atomic E-state index is 12.7. The monoisotopic (exact) mass is 348 g/mol. The van der Waals surface area contributed by atoms with Gasteiger partial charge in [0, 0.05) is 11.1 Å². The molecule has 0 unspecified atom stereocenters. The van der Waals surface area contributed by atoms with Crippen molar-refractivity contribution in [3.05, 3.63) is 89.3 Å². The normalized spacial score (nSPS) is 14.7. The number of carbonyl (C=O) groups excluding carboxylic acids is 1. The van der Waals surface area contributed by atoms with Crippen LogP contribution in [0, 0.1) is 0 Å².